The zero-order valence-electron chi connectivity index (χ0n) is 16.2. The van der Waals surface area contributed by atoms with Crippen LogP contribution in [0.15, 0.2) is 73.1 Å². The van der Waals surface area contributed by atoms with E-state index in [4.69, 9.17) is 4.74 Å². The SMILES string of the molecule is CCOC(=O)/C=C/c1ccc(NC(=O)CCc2cnn(-c3ccccc3)c2)cc1. The summed E-state index contributed by atoms with van der Waals surface area (Å²) in [7, 11) is 0. The molecule has 6 heteroatoms. The normalized spacial score (nSPS) is 10.8. The molecule has 148 valence electrons. The number of carbonyl (C=O) groups excluding carboxylic acids is 2. The molecule has 3 aromatic rings. The fraction of sp³-hybridized carbons (Fsp3) is 0.174. The molecule has 0 bridgehead atoms. The Morgan fingerprint density at radius 2 is 1.86 bits per heavy atom. The number of nitrogens with one attached hydrogen (secondary N) is 1. The van der Waals surface area contributed by atoms with Crippen molar-refractivity contribution in [2.45, 2.75) is 19.8 Å². The van der Waals surface area contributed by atoms with E-state index in [9.17, 15) is 9.59 Å². The minimum absolute atomic E-state index is 0.0627. The van der Waals surface area contributed by atoms with Crippen molar-refractivity contribution in [1.82, 2.24) is 9.78 Å². The number of anilines is 1. The topological polar surface area (TPSA) is 73.2 Å². The maximum Gasteiger partial charge on any atom is 0.330 e. The average Bonchev–Trinajstić information content (AvgIpc) is 3.22. The predicted molar refractivity (Wildman–Crippen MR) is 113 cm³/mol. The Labute approximate surface area is 169 Å². The molecule has 0 atom stereocenters. The van der Waals surface area contributed by atoms with Crippen molar-refractivity contribution >= 4 is 23.6 Å². The second-order valence-corrected chi connectivity index (χ2v) is 6.38. The summed E-state index contributed by atoms with van der Waals surface area (Å²) in [6.07, 6.45) is 7.75. The van der Waals surface area contributed by atoms with E-state index in [2.05, 4.69) is 10.4 Å². The maximum absolute atomic E-state index is 12.2. The molecule has 0 aliphatic heterocycles. The van der Waals surface area contributed by atoms with Crippen molar-refractivity contribution < 1.29 is 14.3 Å². The van der Waals surface area contributed by atoms with E-state index in [0.717, 1.165) is 16.8 Å². The van der Waals surface area contributed by atoms with Gasteiger partial charge < -0.3 is 10.1 Å². The summed E-state index contributed by atoms with van der Waals surface area (Å²) in [5.74, 6) is -0.437. The highest BCUT2D eigenvalue weighted by molar-refractivity contribution is 5.91. The Balaban J connectivity index is 1.48. The number of carbonyl (C=O) groups is 2. The van der Waals surface area contributed by atoms with E-state index in [1.807, 2.05) is 48.7 Å². The highest BCUT2D eigenvalue weighted by Crippen LogP contribution is 2.13. The van der Waals surface area contributed by atoms with Gasteiger partial charge in [-0.25, -0.2) is 9.48 Å². The van der Waals surface area contributed by atoms with Gasteiger partial charge in [-0.15, -0.1) is 0 Å². The number of ether oxygens (including phenoxy) is 1. The Kier molecular flexibility index (Phi) is 6.95. The number of aromatic nitrogens is 2. The number of rotatable bonds is 8. The second-order valence-electron chi connectivity index (χ2n) is 6.38. The molecule has 1 N–H and O–H groups in total. The van der Waals surface area contributed by atoms with E-state index in [0.29, 0.717) is 25.1 Å². The lowest BCUT2D eigenvalue weighted by Crippen LogP contribution is -2.12. The number of esters is 1. The van der Waals surface area contributed by atoms with Gasteiger partial charge in [0.2, 0.25) is 5.91 Å². The highest BCUT2D eigenvalue weighted by Gasteiger charge is 2.06. The van der Waals surface area contributed by atoms with E-state index in [1.165, 1.54) is 6.08 Å². The van der Waals surface area contributed by atoms with Crippen LogP contribution in [0.2, 0.25) is 0 Å². The molecule has 0 aliphatic carbocycles. The van der Waals surface area contributed by atoms with Crippen LogP contribution in [0, 0.1) is 0 Å². The first-order chi connectivity index (χ1) is 14.1. The molecule has 29 heavy (non-hydrogen) atoms. The Morgan fingerprint density at radius 3 is 2.59 bits per heavy atom. The van der Waals surface area contributed by atoms with Crippen LogP contribution in [-0.2, 0) is 20.7 Å². The number of para-hydroxylation sites is 1. The molecule has 0 spiro atoms. The van der Waals surface area contributed by atoms with Gasteiger partial charge in [0.25, 0.3) is 0 Å². The zero-order valence-corrected chi connectivity index (χ0v) is 16.2. The van der Waals surface area contributed by atoms with Gasteiger partial charge in [0, 0.05) is 24.4 Å². The van der Waals surface area contributed by atoms with Gasteiger partial charge in [0.1, 0.15) is 0 Å². The summed E-state index contributed by atoms with van der Waals surface area (Å²) in [6.45, 7) is 2.11. The van der Waals surface area contributed by atoms with E-state index < -0.39 is 0 Å². The second kappa shape index (κ2) is 10.0. The summed E-state index contributed by atoms with van der Waals surface area (Å²) in [6, 6.07) is 17.1. The van der Waals surface area contributed by atoms with Gasteiger partial charge >= 0.3 is 5.97 Å². The first-order valence-electron chi connectivity index (χ1n) is 9.48. The molecule has 0 unspecified atom stereocenters. The van der Waals surface area contributed by atoms with Crippen LogP contribution in [0.5, 0.6) is 0 Å². The number of hydrogen-bond donors (Lipinski definition) is 1. The van der Waals surface area contributed by atoms with Crippen molar-refractivity contribution in [3.63, 3.8) is 0 Å². The van der Waals surface area contributed by atoms with Crippen molar-refractivity contribution in [2.24, 2.45) is 0 Å². The van der Waals surface area contributed by atoms with Crippen LogP contribution in [-0.4, -0.2) is 28.3 Å². The third-order valence-electron chi connectivity index (χ3n) is 4.19. The van der Waals surface area contributed by atoms with Crippen molar-refractivity contribution in [1.29, 1.82) is 0 Å². The lowest BCUT2D eigenvalue weighted by Gasteiger charge is -2.05. The Hall–Kier alpha value is -3.67. The molecule has 1 heterocycles. The van der Waals surface area contributed by atoms with Crippen molar-refractivity contribution in [3.05, 3.63) is 84.2 Å². The average molecular weight is 389 g/mol. The minimum Gasteiger partial charge on any atom is -0.463 e. The number of amides is 1. The molecular weight excluding hydrogens is 366 g/mol. The van der Waals surface area contributed by atoms with Crippen LogP contribution in [0.3, 0.4) is 0 Å². The molecule has 0 radical (unpaired) electrons. The summed E-state index contributed by atoms with van der Waals surface area (Å²) in [5.41, 5.74) is 3.55. The molecule has 0 fully saturated rings. The monoisotopic (exact) mass is 389 g/mol. The molecule has 3 rings (SSSR count). The first kappa shape index (κ1) is 20.1. The lowest BCUT2D eigenvalue weighted by molar-refractivity contribution is -0.137. The van der Waals surface area contributed by atoms with Crippen LogP contribution in [0.1, 0.15) is 24.5 Å². The maximum atomic E-state index is 12.2. The third kappa shape index (κ3) is 6.17. The Bertz CT molecular complexity index is 976. The fourth-order valence-corrected chi connectivity index (χ4v) is 2.72. The first-order valence-corrected chi connectivity index (χ1v) is 9.48. The summed E-state index contributed by atoms with van der Waals surface area (Å²) >= 11 is 0. The van der Waals surface area contributed by atoms with Crippen LogP contribution >= 0.6 is 0 Å². The third-order valence-corrected chi connectivity index (χ3v) is 4.19. The molecule has 6 nitrogen and oxygen atoms in total. The predicted octanol–water partition coefficient (Wildman–Crippen LogP) is 4.02. The largest absolute Gasteiger partial charge is 0.463 e. The van der Waals surface area contributed by atoms with Gasteiger partial charge in [-0.2, -0.15) is 5.10 Å². The molecule has 0 saturated heterocycles. The summed E-state index contributed by atoms with van der Waals surface area (Å²) < 4.78 is 6.64. The van der Waals surface area contributed by atoms with Crippen LogP contribution in [0.4, 0.5) is 5.69 Å². The molecule has 2 aromatic carbocycles. The molecule has 1 amide bonds. The molecule has 1 aromatic heterocycles. The standard InChI is InChI=1S/C23H23N3O3/c1-2-29-23(28)15-11-18-8-12-20(13-9-18)25-22(27)14-10-19-16-24-26(17-19)21-6-4-3-5-7-21/h3-9,11-13,15-17H,2,10,14H2,1H3,(H,25,27)/b15-11+. The van der Waals surface area contributed by atoms with Gasteiger partial charge in [-0.1, -0.05) is 30.3 Å². The van der Waals surface area contributed by atoms with Crippen LogP contribution < -0.4 is 5.32 Å². The lowest BCUT2D eigenvalue weighted by atomic mass is 10.1. The number of aryl methyl sites for hydroxylation is 1. The van der Waals surface area contributed by atoms with Gasteiger partial charge in [0.05, 0.1) is 18.5 Å². The number of nitrogens with zero attached hydrogens (tertiary/aromatic N) is 2. The highest BCUT2D eigenvalue weighted by atomic mass is 16.5. The molecular formula is C23H23N3O3. The van der Waals surface area contributed by atoms with Crippen LogP contribution in [0.25, 0.3) is 11.8 Å². The quantitative estimate of drug-likeness (QED) is 0.466. The molecule has 0 saturated carbocycles. The van der Waals surface area contributed by atoms with E-state index in [-0.39, 0.29) is 11.9 Å². The van der Waals surface area contributed by atoms with Gasteiger partial charge in [0.15, 0.2) is 0 Å². The van der Waals surface area contributed by atoms with E-state index >= 15 is 0 Å². The van der Waals surface area contributed by atoms with E-state index in [1.54, 1.807) is 36.0 Å². The Morgan fingerprint density at radius 1 is 1.10 bits per heavy atom. The number of hydrogen-bond acceptors (Lipinski definition) is 4. The summed E-state index contributed by atoms with van der Waals surface area (Å²) in [4.78, 5) is 23.5. The van der Waals surface area contributed by atoms with Crippen molar-refractivity contribution in [3.8, 4) is 5.69 Å². The van der Waals surface area contributed by atoms with Gasteiger partial charge in [-0.05, 0) is 54.8 Å². The number of benzene rings is 2. The zero-order chi connectivity index (χ0) is 20.5. The smallest absolute Gasteiger partial charge is 0.330 e. The van der Waals surface area contributed by atoms with Gasteiger partial charge in [-0.3, -0.25) is 4.79 Å². The molecule has 0 aliphatic rings. The van der Waals surface area contributed by atoms with Crippen molar-refractivity contribution in [2.75, 3.05) is 11.9 Å². The summed E-state index contributed by atoms with van der Waals surface area (Å²) in [5, 5.41) is 7.23. The fourth-order valence-electron chi connectivity index (χ4n) is 2.72. The minimum atomic E-state index is -0.375.